The average molecular weight is 392 g/mol. The number of benzene rings is 2. The minimum atomic E-state index is -0.375. The summed E-state index contributed by atoms with van der Waals surface area (Å²) in [5.74, 6) is 0.449. The molecule has 1 aliphatic heterocycles. The van der Waals surface area contributed by atoms with Crippen molar-refractivity contribution in [2.45, 2.75) is 0 Å². The zero-order valence-corrected chi connectivity index (χ0v) is 15.9. The Labute approximate surface area is 167 Å². The summed E-state index contributed by atoms with van der Waals surface area (Å²) in [6.07, 6.45) is 1.48. The second-order valence-electron chi connectivity index (χ2n) is 6.52. The first-order valence-electron chi connectivity index (χ1n) is 9.00. The highest BCUT2D eigenvalue weighted by Gasteiger charge is 2.23. The van der Waals surface area contributed by atoms with Gasteiger partial charge in [0.2, 0.25) is 0 Å². The zero-order chi connectivity index (χ0) is 19.5. The molecular formula is C21H18ClN5O. The number of aromatic nitrogens is 2. The van der Waals surface area contributed by atoms with Crippen LogP contribution < -0.4 is 15.4 Å². The van der Waals surface area contributed by atoms with Gasteiger partial charge in [-0.05, 0) is 36.4 Å². The molecule has 0 spiro atoms. The Morgan fingerprint density at radius 1 is 0.893 bits per heavy atom. The maximum atomic E-state index is 12.9. The zero-order valence-electron chi connectivity index (χ0n) is 15.1. The fraction of sp³-hybridized carbons (Fsp3) is 0.190. The van der Waals surface area contributed by atoms with Crippen LogP contribution in [0.3, 0.4) is 0 Å². The summed E-state index contributed by atoms with van der Waals surface area (Å²) in [7, 11) is 0. The van der Waals surface area contributed by atoms with Gasteiger partial charge in [0.1, 0.15) is 12.4 Å². The smallest absolute Gasteiger partial charge is 0.278 e. The van der Waals surface area contributed by atoms with Crippen molar-refractivity contribution in [2.75, 3.05) is 36.0 Å². The molecule has 0 N–H and O–H groups in total. The second kappa shape index (κ2) is 7.75. The molecule has 0 saturated carbocycles. The number of nitrogens with zero attached hydrogens (tertiary/aromatic N) is 5. The van der Waals surface area contributed by atoms with Crippen molar-refractivity contribution in [1.82, 2.24) is 9.55 Å². The number of anilines is 2. The minimum Gasteiger partial charge on any atom is -0.368 e. The number of para-hydroxylation sites is 1. The first-order chi connectivity index (χ1) is 13.7. The summed E-state index contributed by atoms with van der Waals surface area (Å²) in [6.45, 7) is 3.00. The Morgan fingerprint density at radius 2 is 1.54 bits per heavy atom. The van der Waals surface area contributed by atoms with Gasteiger partial charge in [-0.15, -0.1) is 0 Å². The van der Waals surface area contributed by atoms with Crippen molar-refractivity contribution < 1.29 is 0 Å². The molecule has 0 bridgehead atoms. The molecule has 0 aliphatic carbocycles. The lowest BCUT2D eigenvalue weighted by Gasteiger charge is -2.36. The molecule has 0 radical (unpaired) electrons. The lowest BCUT2D eigenvalue weighted by atomic mass is 10.2. The van der Waals surface area contributed by atoms with Crippen molar-refractivity contribution in [3.63, 3.8) is 0 Å². The molecule has 1 saturated heterocycles. The highest BCUT2D eigenvalue weighted by Crippen LogP contribution is 2.21. The molecule has 2 aromatic carbocycles. The monoisotopic (exact) mass is 391 g/mol. The van der Waals surface area contributed by atoms with Crippen molar-refractivity contribution in [1.29, 1.82) is 5.26 Å². The average Bonchev–Trinajstić information content (AvgIpc) is 2.75. The third kappa shape index (κ3) is 3.45. The Bertz CT molecular complexity index is 1060. The van der Waals surface area contributed by atoms with Crippen LogP contribution in [-0.4, -0.2) is 35.7 Å². The molecule has 1 aromatic heterocycles. The van der Waals surface area contributed by atoms with E-state index in [4.69, 9.17) is 11.6 Å². The van der Waals surface area contributed by atoms with E-state index in [1.807, 2.05) is 29.2 Å². The molecule has 1 aliphatic rings. The summed E-state index contributed by atoms with van der Waals surface area (Å²) in [6, 6.07) is 19.1. The number of rotatable bonds is 3. The van der Waals surface area contributed by atoms with Crippen LogP contribution in [0.4, 0.5) is 11.5 Å². The van der Waals surface area contributed by atoms with Crippen LogP contribution in [-0.2, 0) is 0 Å². The van der Waals surface area contributed by atoms with E-state index in [0.29, 0.717) is 29.6 Å². The molecule has 28 heavy (non-hydrogen) atoms. The quantitative estimate of drug-likeness (QED) is 0.686. The normalized spacial score (nSPS) is 14.0. The van der Waals surface area contributed by atoms with Gasteiger partial charge < -0.3 is 9.80 Å². The van der Waals surface area contributed by atoms with E-state index in [2.05, 4.69) is 22.0 Å². The van der Waals surface area contributed by atoms with E-state index in [1.165, 1.54) is 16.6 Å². The highest BCUT2D eigenvalue weighted by molar-refractivity contribution is 6.30. The molecule has 0 amide bonds. The van der Waals surface area contributed by atoms with Crippen molar-refractivity contribution in [2.24, 2.45) is 0 Å². The van der Waals surface area contributed by atoms with Gasteiger partial charge in [0, 0.05) is 36.9 Å². The van der Waals surface area contributed by atoms with Gasteiger partial charge in [-0.1, -0.05) is 29.8 Å². The number of hydrogen-bond donors (Lipinski definition) is 0. The van der Waals surface area contributed by atoms with Crippen LogP contribution in [0.25, 0.3) is 5.69 Å². The Morgan fingerprint density at radius 3 is 2.18 bits per heavy atom. The minimum absolute atomic E-state index is 0.0608. The summed E-state index contributed by atoms with van der Waals surface area (Å²) >= 11 is 5.91. The second-order valence-corrected chi connectivity index (χ2v) is 6.95. The third-order valence-corrected chi connectivity index (χ3v) is 5.12. The number of nitriles is 1. The molecule has 140 valence electrons. The maximum absolute atomic E-state index is 12.9. The van der Waals surface area contributed by atoms with Crippen molar-refractivity contribution in [3.8, 4) is 11.8 Å². The summed E-state index contributed by atoms with van der Waals surface area (Å²) in [4.78, 5) is 21.6. The van der Waals surface area contributed by atoms with Crippen LogP contribution in [0, 0.1) is 11.3 Å². The van der Waals surface area contributed by atoms with Gasteiger partial charge in [0.15, 0.2) is 11.4 Å². The van der Waals surface area contributed by atoms with Crippen molar-refractivity contribution >= 4 is 23.1 Å². The van der Waals surface area contributed by atoms with E-state index in [9.17, 15) is 10.1 Å². The topological polar surface area (TPSA) is 65.2 Å². The molecular weight excluding hydrogens is 374 g/mol. The van der Waals surface area contributed by atoms with Crippen LogP contribution in [0.5, 0.6) is 0 Å². The molecule has 7 heteroatoms. The Hall–Kier alpha value is -3.30. The fourth-order valence-electron chi connectivity index (χ4n) is 3.38. The highest BCUT2D eigenvalue weighted by atomic mass is 35.5. The largest absolute Gasteiger partial charge is 0.368 e. The van der Waals surface area contributed by atoms with E-state index < -0.39 is 0 Å². The Kier molecular flexibility index (Phi) is 5.00. The summed E-state index contributed by atoms with van der Waals surface area (Å²) < 4.78 is 1.37. The molecule has 3 aromatic rings. The van der Waals surface area contributed by atoms with Crippen molar-refractivity contribution in [3.05, 3.63) is 81.9 Å². The maximum Gasteiger partial charge on any atom is 0.278 e. The van der Waals surface area contributed by atoms with E-state index in [-0.39, 0.29) is 11.1 Å². The lowest BCUT2D eigenvalue weighted by Crippen LogP contribution is -2.47. The van der Waals surface area contributed by atoms with Gasteiger partial charge in [0.05, 0.1) is 5.69 Å². The fourth-order valence-corrected chi connectivity index (χ4v) is 3.51. The first-order valence-corrected chi connectivity index (χ1v) is 9.38. The number of halogens is 1. The standard InChI is InChI=1S/C21H18ClN5O/c22-16-6-8-18(9-7-16)27-15-24-20(19(14-23)21(27)28)26-12-10-25(11-13-26)17-4-2-1-3-5-17/h1-9,15H,10-13H2. The molecule has 2 heterocycles. The summed E-state index contributed by atoms with van der Waals surface area (Å²) in [5, 5.41) is 10.2. The number of hydrogen-bond acceptors (Lipinski definition) is 5. The van der Waals surface area contributed by atoms with Gasteiger partial charge in [0.25, 0.3) is 5.56 Å². The van der Waals surface area contributed by atoms with Gasteiger partial charge in [-0.2, -0.15) is 5.26 Å². The molecule has 6 nitrogen and oxygen atoms in total. The Balaban J connectivity index is 1.59. The molecule has 0 unspecified atom stereocenters. The van der Waals surface area contributed by atoms with Crippen LogP contribution in [0.15, 0.2) is 65.7 Å². The van der Waals surface area contributed by atoms with Crippen LogP contribution in [0.2, 0.25) is 5.02 Å². The molecule has 4 rings (SSSR count). The molecule has 0 atom stereocenters. The predicted molar refractivity (Wildman–Crippen MR) is 110 cm³/mol. The SMILES string of the molecule is N#Cc1c(N2CCN(c3ccccc3)CC2)ncn(-c2ccc(Cl)cc2)c1=O. The van der Waals surface area contributed by atoms with E-state index >= 15 is 0 Å². The van der Waals surface area contributed by atoms with Gasteiger partial charge in [-0.25, -0.2) is 4.98 Å². The van der Waals surface area contributed by atoms with E-state index in [1.54, 1.807) is 24.3 Å². The van der Waals surface area contributed by atoms with Crippen LogP contribution in [0.1, 0.15) is 5.56 Å². The van der Waals surface area contributed by atoms with Crippen LogP contribution >= 0.6 is 11.6 Å². The number of piperazine rings is 1. The lowest BCUT2D eigenvalue weighted by molar-refractivity contribution is 0.644. The first kappa shape index (κ1) is 18.1. The third-order valence-electron chi connectivity index (χ3n) is 4.87. The molecule has 1 fully saturated rings. The predicted octanol–water partition coefficient (Wildman–Crippen LogP) is 3.08. The summed E-state index contributed by atoms with van der Waals surface area (Å²) in [5.41, 5.74) is 1.48. The van der Waals surface area contributed by atoms with E-state index in [0.717, 1.165) is 13.1 Å². The van der Waals surface area contributed by atoms with Gasteiger partial charge in [-0.3, -0.25) is 9.36 Å². The van der Waals surface area contributed by atoms with Gasteiger partial charge >= 0.3 is 0 Å².